The molecule has 0 radical (unpaired) electrons. The van der Waals surface area contributed by atoms with E-state index in [4.69, 9.17) is 9.47 Å². The molecule has 0 saturated heterocycles. The highest BCUT2D eigenvalue weighted by atomic mass is 16.5. The fraction of sp³-hybridized carbons (Fsp3) is 0.407. The summed E-state index contributed by atoms with van der Waals surface area (Å²) in [5.41, 5.74) is 1.13. The van der Waals surface area contributed by atoms with Gasteiger partial charge in [0.2, 0.25) is 0 Å². The highest BCUT2D eigenvalue weighted by Gasteiger charge is 2.29. The molecule has 7 heteroatoms. The maximum atomic E-state index is 12.1. The lowest BCUT2D eigenvalue weighted by Gasteiger charge is -2.28. The van der Waals surface area contributed by atoms with Crippen molar-refractivity contribution < 1.29 is 29.3 Å². The second-order valence-electron chi connectivity index (χ2n) is 8.78. The SMILES string of the molecule is CC(=O)OC(CC(O)C(C)(C)O)/C(C)=C/COc1ccc(CCNC(=O)c2ccccc2)cc1. The van der Waals surface area contributed by atoms with Gasteiger partial charge in [0.25, 0.3) is 5.91 Å². The second kappa shape index (κ2) is 12.9. The number of nitrogens with one attached hydrogen (secondary N) is 1. The molecule has 0 heterocycles. The van der Waals surface area contributed by atoms with E-state index in [0.717, 1.165) is 11.1 Å². The van der Waals surface area contributed by atoms with Crippen molar-refractivity contribution in [1.82, 2.24) is 5.32 Å². The Kier molecular flexibility index (Phi) is 10.3. The summed E-state index contributed by atoms with van der Waals surface area (Å²) in [6.07, 6.45) is 0.867. The number of aliphatic hydroxyl groups is 2. The van der Waals surface area contributed by atoms with Crippen molar-refractivity contribution in [1.29, 1.82) is 0 Å². The van der Waals surface area contributed by atoms with E-state index in [1.54, 1.807) is 25.1 Å². The van der Waals surface area contributed by atoms with Gasteiger partial charge in [0.15, 0.2) is 0 Å². The zero-order valence-electron chi connectivity index (χ0n) is 20.3. The smallest absolute Gasteiger partial charge is 0.303 e. The van der Waals surface area contributed by atoms with Gasteiger partial charge in [-0.15, -0.1) is 0 Å². The minimum absolute atomic E-state index is 0.0842. The minimum atomic E-state index is -1.30. The largest absolute Gasteiger partial charge is 0.490 e. The zero-order valence-corrected chi connectivity index (χ0v) is 20.3. The van der Waals surface area contributed by atoms with Crippen LogP contribution in [0.15, 0.2) is 66.2 Å². The Hall–Kier alpha value is -3.16. The van der Waals surface area contributed by atoms with Gasteiger partial charge in [0, 0.05) is 25.5 Å². The van der Waals surface area contributed by atoms with Gasteiger partial charge in [-0.3, -0.25) is 9.59 Å². The van der Waals surface area contributed by atoms with Gasteiger partial charge in [-0.1, -0.05) is 30.3 Å². The standard InChI is InChI=1S/C27H35NO6/c1-19(24(34-20(2)29)18-25(30)27(3,4)32)15-17-33-23-12-10-21(11-13-23)14-16-28-26(31)22-8-6-5-7-9-22/h5-13,15,24-25,30,32H,14,16-18H2,1-4H3,(H,28,31)/b19-15+. The first-order chi connectivity index (χ1) is 16.1. The Morgan fingerprint density at radius 2 is 1.71 bits per heavy atom. The van der Waals surface area contributed by atoms with E-state index in [1.165, 1.54) is 20.8 Å². The average Bonchev–Trinajstić information content (AvgIpc) is 2.79. The Balaban J connectivity index is 1.83. The molecular formula is C27H35NO6. The summed E-state index contributed by atoms with van der Waals surface area (Å²) in [7, 11) is 0. The highest BCUT2D eigenvalue weighted by molar-refractivity contribution is 5.94. The van der Waals surface area contributed by atoms with Gasteiger partial charge >= 0.3 is 5.97 Å². The van der Waals surface area contributed by atoms with Crippen LogP contribution in [0.4, 0.5) is 0 Å². The third-order valence-electron chi connectivity index (χ3n) is 5.38. The first kappa shape index (κ1) is 27.1. The van der Waals surface area contributed by atoms with E-state index >= 15 is 0 Å². The van der Waals surface area contributed by atoms with Gasteiger partial charge in [-0.05, 0) is 68.7 Å². The molecule has 0 aliphatic carbocycles. The van der Waals surface area contributed by atoms with Gasteiger partial charge < -0.3 is 25.0 Å². The molecule has 2 atom stereocenters. The van der Waals surface area contributed by atoms with Crippen LogP contribution in [0.5, 0.6) is 5.75 Å². The summed E-state index contributed by atoms with van der Waals surface area (Å²) in [5, 5.41) is 23.1. The lowest BCUT2D eigenvalue weighted by Crippen LogP contribution is -2.39. The molecule has 2 aromatic rings. The Morgan fingerprint density at radius 3 is 2.29 bits per heavy atom. The predicted octanol–water partition coefficient (Wildman–Crippen LogP) is 3.44. The number of esters is 1. The fourth-order valence-corrected chi connectivity index (χ4v) is 3.18. The highest BCUT2D eigenvalue weighted by Crippen LogP contribution is 2.20. The van der Waals surface area contributed by atoms with Crippen LogP contribution in [0.1, 0.15) is 50.0 Å². The average molecular weight is 470 g/mol. The third-order valence-corrected chi connectivity index (χ3v) is 5.38. The number of carbonyl (C=O) groups excluding carboxylic acids is 2. The maximum absolute atomic E-state index is 12.1. The Labute approximate surface area is 201 Å². The number of ether oxygens (including phenoxy) is 2. The molecule has 0 aromatic heterocycles. The summed E-state index contributed by atoms with van der Waals surface area (Å²) in [6.45, 7) is 6.90. The van der Waals surface area contributed by atoms with Crippen LogP contribution in [-0.4, -0.2) is 53.1 Å². The first-order valence-corrected chi connectivity index (χ1v) is 11.4. The normalized spacial score (nSPS) is 13.6. The summed E-state index contributed by atoms with van der Waals surface area (Å²) >= 11 is 0. The molecule has 2 rings (SSSR count). The van der Waals surface area contributed by atoms with Crippen LogP contribution >= 0.6 is 0 Å². The lowest BCUT2D eigenvalue weighted by atomic mass is 9.94. The van der Waals surface area contributed by atoms with E-state index in [2.05, 4.69) is 5.32 Å². The Morgan fingerprint density at radius 1 is 1.06 bits per heavy atom. The van der Waals surface area contributed by atoms with Crippen molar-refractivity contribution in [2.24, 2.45) is 0 Å². The van der Waals surface area contributed by atoms with Crippen molar-refractivity contribution in [3.63, 3.8) is 0 Å². The molecule has 0 bridgehead atoms. The molecule has 1 amide bonds. The summed E-state index contributed by atoms with van der Waals surface area (Å²) in [5.74, 6) is 0.128. The molecule has 34 heavy (non-hydrogen) atoms. The van der Waals surface area contributed by atoms with Crippen LogP contribution in [0, 0.1) is 0 Å². The molecular weight excluding hydrogens is 434 g/mol. The first-order valence-electron chi connectivity index (χ1n) is 11.4. The minimum Gasteiger partial charge on any atom is -0.490 e. The molecule has 0 aliphatic rings. The predicted molar refractivity (Wildman–Crippen MR) is 131 cm³/mol. The van der Waals surface area contributed by atoms with Crippen molar-refractivity contribution >= 4 is 11.9 Å². The van der Waals surface area contributed by atoms with E-state index in [-0.39, 0.29) is 18.9 Å². The van der Waals surface area contributed by atoms with Crippen molar-refractivity contribution in [2.45, 2.75) is 58.3 Å². The van der Waals surface area contributed by atoms with Crippen molar-refractivity contribution in [2.75, 3.05) is 13.2 Å². The summed E-state index contributed by atoms with van der Waals surface area (Å²) < 4.78 is 11.1. The lowest BCUT2D eigenvalue weighted by molar-refractivity contribution is -0.147. The third kappa shape index (κ3) is 9.37. The number of hydrogen-bond acceptors (Lipinski definition) is 6. The van der Waals surface area contributed by atoms with Gasteiger partial charge in [0.05, 0.1) is 11.7 Å². The van der Waals surface area contributed by atoms with Gasteiger partial charge in [0.1, 0.15) is 18.5 Å². The van der Waals surface area contributed by atoms with Crippen LogP contribution in [0.25, 0.3) is 0 Å². The molecule has 2 unspecified atom stereocenters. The van der Waals surface area contributed by atoms with Gasteiger partial charge in [-0.2, -0.15) is 0 Å². The van der Waals surface area contributed by atoms with E-state index in [1.807, 2.05) is 42.5 Å². The molecule has 0 fully saturated rings. The number of benzene rings is 2. The number of rotatable bonds is 12. The summed E-state index contributed by atoms with van der Waals surface area (Å²) in [6, 6.07) is 16.7. The second-order valence-corrected chi connectivity index (χ2v) is 8.78. The molecule has 2 aromatic carbocycles. The van der Waals surface area contributed by atoms with Gasteiger partial charge in [-0.25, -0.2) is 0 Å². The molecule has 7 nitrogen and oxygen atoms in total. The number of hydrogen-bond donors (Lipinski definition) is 3. The molecule has 184 valence electrons. The van der Waals surface area contributed by atoms with E-state index < -0.39 is 23.8 Å². The van der Waals surface area contributed by atoms with Crippen LogP contribution in [-0.2, 0) is 16.0 Å². The maximum Gasteiger partial charge on any atom is 0.303 e. The van der Waals surface area contributed by atoms with Crippen LogP contribution in [0.2, 0.25) is 0 Å². The van der Waals surface area contributed by atoms with Crippen LogP contribution < -0.4 is 10.1 Å². The molecule has 0 aliphatic heterocycles. The number of amides is 1. The quantitative estimate of drug-likeness (QED) is 0.325. The van der Waals surface area contributed by atoms with Crippen molar-refractivity contribution in [3.05, 3.63) is 77.4 Å². The molecule has 3 N–H and O–H groups in total. The van der Waals surface area contributed by atoms with Crippen molar-refractivity contribution in [3.8, 4) is 5.75 Å². The number of aliphatic hydroxyl groups excluding tert-OH is 1. The zero-order chi connectivity index (χ0) is 25.1. The van der Waals surface area contributed by atoms with E-state index in [0.29, 0.717) is 24.3 Å². The summed E-state index contributed by atoms with van der Waals surface area (Å²) in [4.78, 5) is 23.5. The van der Waals surface area contributed by atoms with Crippen LogP contribution in [0.3, 0.4) is 0 Å². The molecule has 0 saturated carbocycles. The van der Waals surface area contributed by atoms with E-state index in [9.17, 15) is 19.8 Å². The Bertz CT molecular complexity index is 947. The topological polar surface area (TPSA) is 105 Å². The number of carbonyl (C=O) groups is 2. The monoisotopic (exact) mass is 469 g/mol. The fourth-order valence-electron chi connectivity index (χ4n) is 3.18. The molecule has 0 spiro atoms.